The summed E-state index contributed by atoms with van der Waals surface area (Å²) in [6, 6.07) is 13.5. The number of ether oxygens (including phenoxy) is 1. The van der Waals surface area contributed by atoms with E-state index < -0.39 is 22.0 Å². The lowest BCUT2D eigenvalue weighted by Crippen LogP contribution is -2.30. The van der Waals surface area contributed by atoms with Gasteiger partial charge in [0.2, 0.25) is 10.0 Å². The first-order chi connectivity index (χ1) is 10.9. The quantitative estimate of drug-likeness (QED) is 0.809. The summed E-state index contributed by atoms with van der Waals surface area (Å²) >= 11 is 0. The fraction of sp³-hybridized carbons (Fsp3) is 0.188. The smallest absolute Gasteiger partial charge is 0.305 e. The Labute approximate surface area is 134 Å². The Morgan fingerprint density at radius 3 is 2.26 bits per heavy atom. The first-order valence-corrected chi connectivity index (χ1v) is 8.34. The molecule has 0 aliphatic rings. The van der Waals surface area contributed by atoms with Crippen LogP contribution < -0.4 is 9.46 Å². The highest BCUT2D eigenvalue weighted by molar-refractivity contribution is 7.89. The van der Waals surface area contributed by atoms with Gasteiger partial charge in [0.15, 0.2) is 0 Å². The van der Waals surface area contributed by atoms with Crippen molar-refractivity contribution in [2.45, 2.75) is 17.4 Å². The number of hydrogen-bond donors (Lipinski definition) is 2. The number of nitrogens with one attached hydrogen (secondary N) is 1. The van der Waals surface area contributed by atoms with Crippen LogP contribution in [0.15, 0.2) is 59.5 Å². The SMILES string of the molecule is COc1ccc([C@H](CC(=O)O)NS(=O)(=O)c2ccccc2)cc1. The van der Waals surface area contributed by atoms with Crippen LogP contribution in [0, 0.1) is 0 Å². The Morgan fingerprint density at radius 2 is 1.74 bits per heavy atom. The first-order valence-electron chi connectivity index (χ1n) is 6.85. The summed E-state index contributed by atoms with van der Waals surface area (Å²) in [5, 5.41) is 9.05. The van der Waals surface area contributed by atoms with E-state index in [1.54, 1.807) is 42.5 Å². The highest BCUT2D eigenvalue weighted by atomic mass is 32.2. The van der Waals surface area contributed by atoms with Gasteiger partial charge in [0.1, 0.15) is 5.75 Å². The minimum atomic E-state index is -3.81. The van der Waals surface area contributed by atoms with E-state index in [0.717, 1.165) is 0 Å². The summed E-state index contributed by atoms with van der Waals surface area (Å²) in [5.41, 5.74) is 0.549. The van der Waals surface area contributed by atoms with Gasteiger partial charge in [-0.15, -0.1) is 0 Å². The lowest BCUT2D eigenvalue weighted by Gasteiger charge is -2.18. The van der Waals surface area contributed by atoms with Gasteiger partial charge < -0.3 is 9.84 Å². The Morgan fingerprint density at radius 1 is 1.13 bits per heavy atom. The molecule has 2 aromatic carbocycles. The molecule has 0 unspecified atom stereocenters. The van der Waals surface area contributed by atoms with Crippen LogP contribution in [0.3, 0.4) is 0 Å². The molecule has 0 radical (unpaired) electrons. The molecule has 2 rings (SSSR count). The van der Waals surface area contributed by atoms with Gasteiger partial charge in [-0.2, -0.15) is 0 Å². The average Bonchev–Trinajstić information content (AvgIpc) is 2.54. The molecule has 0 fully saturated rings. The van der Waals surface area contributed by atoms with E-state index >= 15 is 0 Å². The predicted molar refractivity (Wildman–Crippen MR) is 84.8 cm³/mol. The Hall–Kier alpha value is -2.38. The van der Waals surface area contributed by atoms with Gasteiger partial charge in [0.25, 0.3) is 0 Å². The zero-order valence-corrected chi connectivity index (χ0v) is 13.3. The van der Waals surface area contributed by atoms with Crippen LogP contribution >= 0.6 is 0 Å². The lowest BCUT2D eigenvalue weighted by molar-refractivity contribution is -0.137. The fourth-order valence-corrected chi connectivity index (χ4v) is 3.34. The van der Waals surface area contributed by atoms with Crippen LogP contribution in [0.25, 0.3) is 0 Å². The van der Waals surface area contributed by atoms with Crippen molar-refractivity contribution in [2.24, 2.45) is 0 Å². The number of benzene rings is 2. The fourth-order valence-electron chi connectivity index (χ4n) is 2.09. The third-order valence-corrected chi connectivity index (χ3v) is 4.74. The zero-order valence-electron chi connectivity index (χ0n) is 12.5. The van der Waals surface area contributed by atoms with Crippen molar-refractivity contribution in [1.29, 1.82) is 0 Å². The number of rotatable bonds is 7. The summed E-state index contributed by atoms with van der Waals surface area (Å²) in [5.74, 6) is -0.490. The van der Waals surface area contributed by atoms with Crippen LogP contribution in [0.1, 0.15) is 18.0 Å². The molecule has 0 saturated heterocycles. The second kappa shape index (κ2) is 7.26. The van der Waals surface area contributed by atoms with E-state index in [1.807, 2.05) is 0 Å². The number of aliphatic carboxylic acids is 1. The average molecular weight is 335 g/mol. The highest BCUT2D eigenvalue weighted by Gasteiger charge is 2.23. The van der Waals surface area contributed by atoms with Gasteiger partial charge in [-0.1, -0.05) is 30.3 Å². The van der Waals surface area contributed by atoms with E-state index in [4.69, 9.17) is 9.84 Å². The molecule has 6 nitrogen and oxygen atoms in total. The van der Waals surface area contributed by atoms with Gasteiger partial charge >= 0.3 is 5.97 Å². The lowest BCUT2D eigenvalue weighted by atomic mass is 10.0. The minimum Gasteiger partial charge on any atom is -0.497 e. The van der Waals surface area contributed by atoms with E-state index in [1.165, 1.54) is 19.2 Å². The van der Waals surface area contributed by atoms with Gasteiger partial charge in [0.05, 0.1) is 24.5 Å². The number of carboxylic acid groups (broad SMARTS) is 1. The number of carboxylic acids is 1. The monoisotopic (exact) mass is 335 g/mol. The topological polar surface area (TPSA) is 92.7 Å². The summed E-state index contributed by atoms with van der Waals surface area (Å²) in [7, 11) is -2.30. The maximum atomic E-state index is 12.4. The molecule has 122 valence electrons. The second-order valence-corrected chi connectivity index (χ2v) is 6.57. The van der Waals surface area contributed by atoms with Crippen LogP contribution in [-0.4, -0.2) is 26.6 Å². The summed E-state index contributed by atoms with van der Waals surface area (Å²) < 4.78 is 32.3. The number of carbonyl (C=O) groups is 1. The molecule has 0 aliphatic heterocycles. The van der Waals surface area contributed by atoms with Gasteiger partial charge in [-0.3, -0.25) is 4.79 Å². The van der Waals surface area contributed by atoms with E-state index in [-0.39, 0.29) is 11.3 Å². The molecule has 0 heterocycles. The Balaban J connectivity index is 2.29. The van der Waals surface area contributed by atoms with E-state index in [0.29, 0.717) is 11.3 Å². The third kappa shape index (κ3) is 4.54. The molecule has 7 heteroatoms. The Bertz CT molecular complexity index is 757. The molecule has 0 spiro atoms. The van der Waals surface area contributed by atoms with Crippen molar-refractivity contribution in [3.8, 4) is 5.75 Å². The molecule has 2 N–H and O–H groups in total. The standard InChI is InChI=1S/C16H17NO5S/c1-22-13-9-7-12(8-10-13)15(11-16(18)19)17-23(20,21)14-5-3-2-4-6-14/h2-10,15,17H,11H2,1H3,(H,18,19)/t15-/m0/s1. The summed E-state index contributed by atoms with van der Waals surface area (Å²) in [6.45, 7) is 0. The molecular weight excluding hydrogens is 318 g/mol. The molecular formula is C16H17NO5S. The van der Waals surface area contributed by atoms with Crippen molar-refractivity contribution in [3.05, 3.63) is 60.2 Å². The Kier molecular flexibility index (Phi) is 5.36. The van der Waals surface area contributed by atoms with Gasteiger partial charge in [0, 0.05) is 0 Å². The number of hydrogen-bond acceptors (Lipinski definition) is 4. The molecule has 23 heavy (non-hydrogen) atoms. The van der Waals surface area contributed by atoms with Crippen molar-refractivity contribution in [1.82, 2.24) is 4.72 Å². The molecule has 0 aliphatic carbocycles. The normalized spacial score (nSPS) is 12.6. The van der Waals surface area contributed by atoms with Crippen molar-refractivity contribution < 1.29 is 23.1 Å². The van der Waals surface area contributed by atoms with Crippen LogP contribution in [0.4, 0.5) is 0 Å². The highest BCUT2D eigenvalue weighted by Crippen LogP contribution is 2.22. The second-order valence-electron chi connectivity index (χ2n) is 4.86. The van der Waals surface area contributed by atoms with Crippen LogP contribution in [0.2, 0.25) is 0 Å². The van der Waals surface area contributed by atoms with E-state index in [2.05, 4.69) is 4.72 Å². The van der Waals surface area contributed by atoms with E-state index in [9.17, 15) is 13.2 Å². The summed E-state index contributed by atoms with van der Waals surface area (Å²) in [6.07, 6.45) is -0.363. The van der Waals surface area contributed by atoms with Crippen LogP contribution in [0.5, 0.6) is 5.75 Å². The number of methoxy groups -OCH3 is 1. The van der Waals surface area contributed by atoms with Crippen LogP contribution in [-0.2, 0) is 14.8 Å². The molecule has 0 amide bonds. The molecule has 1 atom stereocenters. The molecule has 0 aromatic heterocycles. The summed E-state index contributed by atoms with van der Waals surface area (Å²) in [4.78, 5) is 11.2. The molecule has 0 bridgehead atoms. The first kappa shape index (κ1) is 17.0. The molecule has 0 saturated carbocycles. The van der Waals surface area contributed by atoms with Crippen molar-refractivity contribution in [3.63, 3.8) is 0 Å². The maximum absolute atomic E-state index is 12.4. The maximum Gasteiger partial charge on any atom is 0.305 e. The molecule has 2 aromatic rings. The largest absolute Gasteiger partial charge is 0.497 e. The van der Waals surface area contributed by atoms with Crippen molar-refractivity contribution in [2.75, 3.05) is 7.11 Å². The number of sulfonamides is 1. The van der Waals surface area contributed by atoms with Crippen molar-refractivity contribution >= 4 is 16.0 Å². The zero-order chi connectivity index (χ0) is 16.9. The van der Waals surface area contributed by atoms with Gasteiger partial charge in [-0.25, -0.2) is 13.1 Å². The predicted octanol–water partition coefficient (Wildman–Crippen LogP) is 2.19. The minimum absolute atomic E-state index is 0.0869. The third-order valence-electron chi connectivity index (χ3n) is 3.25. The van der Waals surface area contributed by atoms with Gasteiger partial charge in [-0.05, 0) is 29.8 Å².